The summed E-state index contributed by atoms with van der Waals surface area (Å²) in [5.41, 5.74) is 4.13. The van der Waals surface area contributed by atoms with Crippen molar-refractivity contribution in [1.82, 2.24) is 9.88 Å². The number of fused-ring (bicyclic) bond motifs is 1. The minimum atomic E-state index is -0.198. The highest BCUT2D eigenvalue weighted by molar-refractivity contribution is 7.21. The van der Waals surface area contributed by atoms with E-state index in [-0.39, 0.29) is 24.2 Å². The minimum Gasteiger partial charge on any atom is -0.373 e. The molecule has 1 aliphatic heterocycles. The van der Waals surface area contributed by atoms with Crippen LogP contribution in [-0.4, -0.2) is 47.1 Å². The molecule has 152 valence electrons. The average molecular weight is 410 g/mol. The molecule has 1 aromatic heterocycles. The zero-order valence-electron chi connectivity index (χ0n) is 17.3. The quantitative estimate of drug-likeness (QED) is 0.678. The Kier molecular flexibility index (Phi) is 5.67. The molecule has 6 heteroatoms. The first kappa shape index (κ1) is 20.0. The highest BCUT2D eigenvalue weighted by Gasteiger charge is 2.29. The van der Waals surface area contributed by atoms with Gasteiger partial charge in [0.15, 0.2) is 0 Å². The lowest BCUT2D eigenvalue weighted by atomic mass is 10.1. The molecule has 2 aromatic carbocycles. The Morgan fingerprint density at radius 3 is 2.55 bits per heavy atom. The van der Waals surface area contributed by atoms with Gasteiger partial charge in [0, 0.05) is 24.3 Å². The predicted molar refractivity (Wildman–Crippen MR) is 119 cm³/mol. The topological polar surface area (TPSA) is 54.5 Å². The Labute approximate surface area is 175 Å². The molecule has 1 N–H and O–H groups in total. The van der Waals surface area contributed by atoms with Crippen molar-refractivity contribution < 1.29 is 9.53 Å². The molecule has 0 bridgehead atoms. The van der Waals surface area contributed by atoms with Crippen LogP contribution in [0.3, 0.4) is 0 Å². The molecule has 29 heavy (non-hydrogen) atoms. The SMILES string of the molecule is Cc1ccc2nc(-c3ccc(NC(=O)[C@@H](C)N4C[C@H](C)O[C@@H](C)C4)cc3)sc2c1. The van der Waals surface area contributed by atoms with E-state index >= 15 is 0 Å². The fourth-order valence-electron chi connectivity index (χ4n) is 3.80. The second-order valence-electron chi connectivity index (χ2n) is 7.94. The van der Waals surface area contributed by atoms with Crippen LogP contribution in [-0.2, 0) is 9.53 Å². The zero-order chi connectivity index (χ0) is 20.5. The summed E-state index contributed by atoms with van der Waals surface area (Å²) in [6.07, 6.45) is 0.289. The summed E-state index contributed by atoms with van der Waals surface area (Å²) >= 11 is 1.69. The summed E-state index contributed by atoms with van der Waals surface area (Å²) in [6.45, 7) is 9.70. The minimum absolute atomic E-state index is 0.00881. The van der Waals surface area contributed by atoms with Gasteiger partial charge in [0.25, 0.3) is 0 Å². The fourth-order valence-corrected chi connectivity index (χ4v) is 4.87. The van der Waals surface area contributed by atoms with E-state index in [9.17, 15) is 4.79 Å². The molecular weight excluding hydrogens is 382 g/mol. The maximum Gasteiger partial charge on any atom is 0.241 e. The molecule has 0 saturated carbocycles. The Bertz CT molecular complexity index is 1000. The largest absolute Gasteiger partial charge is 0.373 e. The highest BCUT2D eigenvalue weighted by atomic mass is 32.1. The maximum absolute atomic E-state index is 12.7. The number of nitrogens with one attached hydrogen (secondary N) is 1. The number of anilines is 1. The van der Waals surface area contributed by atoms with Crippen LogP contribution in [0.2, 0.25) is 0 Å². The van der Waals surface area contributed by atoms with Crippen LogP contribution >= 0.6 is 11.3 Å². The Morgan fingerprint density at radius 2 is 1.86 bits per heavy atom. The van der Waals surface area contributed by atoms with E-state index in [0.717, 1.165) is 34.9 Å². The molecule has 2 heterocycles. The standard InChI is InChI=1S/C23H27N3O2S/c1-14-5-10-20-21(11-14)29-23(25-20)18-6-8-19(9-7-18)24-22(27)17(4)26-12-15(2)28-16(3)13-26/h5-11,15-17H,12-13H2,1-4H3,(H,24,27)/t15-,16-,17+/m0/s1. The van der Waals surface area contributed by atoms with Crippen molar-refractivity contribution in [2.45, 2.75) is 45.9 Å². The number of ether oxygens (including phenoxy) is 1. The first-order valence-electron chi connectivity index (χ1n) is 10.1. The van der Waals surface area contributed by atoms with Gasteiger partial charge in [-0.15, -0.1) is 11.3 Å². The Balaban J connectivity index is 1.44. The molecule has 0 unspecified atom stereocenters. The normalized spacial score (nSPS) is 21.2. The molecule has 5 nitrogen and oxygen atoms in total. The number of rotatable bonds is 4. The van der Waals surface area contributed by atoms with Gasteiger partial charge in [-0.3, -0.25) is 9.69 Å². The van der Waals surface area contributed by atoms with Crippen molar-refractivity contribution in [1.29, 1.82) is 0 Å². The number of aromatic nitrogens is 1. The van der Waals surface area contributed by atoms with Gasteiger partial charge < -0.3 is 10.1 Å². The van der Waals surface area contributed by atoms with Crippen LogP contribution in [0.5, 0.6) is 0 Å². The van der Waals surface area contributed by atoms with Gasteiger partial charge in [0.2, 0.25) is 5.91 Å². The third-order valence-electron chi connectivity index (χ3n) is 5.32. The molecule has 3 atom stereocenters. The van der Waals surface area contributed by atoms with Gasteiger partial charge >= 0.3 is 0 Å². The number of morpholine rings is 1. The molecule has 0 aliphatic carbocycles. The Hall–Kier alpha value is -2.28. The van der Waals surface area contributed by atoms with Crippen LogP contribution < -0.4 is 5.32 Å². The summed E-state index contributed by atoms with van der Waals surface area (Å²) < 4.78 is 6.96. The summed E-state index contributed by atoms with van der Waals surface area (Å²) in [5, 5.41) is 4.04. The zero-order valence-corrected chi connectivity index (χ0v) is 18.1. The van der Waals surface area contributed by atoms with Gasteiger partial charge in [0.05, 0.1) is 28.5 Å². The van der Waals surface area contributed by atoms with E-state index in [1.807, 2.05) is 31.2 Å². The number of benzene rings is 2. The third-order valence-corrected chi connectivity index (χ3v) is 6.39. The van der Waals surface area contributed by atoms with Gasteiger partial charge in [0.1, 0.15) is 5.01 Å². The van der Waals surface area contributed by atoms with E-state index in [1.54, 1.807) is 11.3 Å². The molecule has 0 spiro atoms. The number of carbonyl (C=O) groups excluding carboxylic acids is 1. The van der Waals surface area contributed by atoms with Crippen molar-refractivity contribution >= 4 is 33.1 Å². The van der Waals surface area contributed by atoms with Crippen molar-refractivity contribution in [3.63, 3.8) is 0 Å². The van der Waals surface area contributed by atoms with Gasteiger partial charge in [-0.2, -0.15) is 0 Å². The lowest BCUT2D eigenvalue weighted by Gasteiger charge is -2.38. The summed E-state index contributed by atoms with van der Waals surface area (Å²) in [5.74, 6) is 0.00881. The van der Waals surface area contributed by atoms with Crippen LogP contribution in [0, 0.1) is 6.92 Å². The monoisotopic (exact) mass is 409 g/mol. The van der Waals surface area contributed by atoms with Crippen LogP contribution in [0.4, 0.5) is 5.69 Å². The van der Waals surface area contributed by atoms with Gasteiger partial charge in [-0.25, -0.2) is 4.98 Å². The number of amides is 1. The maximum atomic E-state index is 12.7. The fraction of sp³-hybridized carbons (Fsp3) is 0.391. The molecule has 1 aliphatic rings. The van der Waals surface area contributed by atoms with Gasteiger partial charge in [-0.1, -0.05) is 6.07 Å². The summed E-state index contributed by atoms with van der Waals surface area (Å²) in [6, 6.07) is 14.0. The lowest BCUT2D eigenvalue weighted by Crippen LogP contribution is -2.52. The molecular formula is C23H27N3O2S. The highest BCUT2D eigenvalue weighted by Crippen LogP contribution is 2.31. The van der Waals surface area contributed by atoms with Crippen LogP contribution in [0.25, 0.3) is 20.8 Å². The van der Waals surface area contributed by atoms with E-state index in [0.29, 0.717) is 0 Å². The smallest absolute Gasteiger partial charge is 0.241 e. The first-order valence-corrected chi connectivity index (χ1v) is 10.9. The van der Waals surface area contributed by atoms with Crippen molar-refractivity contribution in [3.05, 3.63) is 48.0 Å². The van der Waals surface area contributed by atoms with Crippen LogP contribution in [0.1, 0.15) is 26.3 Å². The molecule has 4 rings (SSSR count). The second kappa shape index (κ2) is 8.22. The molecule has 1 saturated heterocycles. The van der Waals surface area contributed by atoms with Crippen molar-refractivity contribution in [2.24, 2.45) is 0 Å². The van der Waals surface area contributed by atoms with E-state index in [4.69, 9.17) is 9.72 Å². The number of hydrogen-bond donors (Lipinski definition) is 1. The summed E-state index contributed by atoms with van der Waals surface area (Å²) in [4.78, 5) is 19.6. The van der Waals surface area contributed by atoms with E-state index in [1.165, 1.54) is 10.3 Å². The Morgan fingerprint density at radius 1 is 1.17 bits per heavy atom. The van der Waals surface area contributed by atoms with Gasteiger partial charge in [-0.05, 0) is 69.7 Å². The van der Waals surface area contributed by atoms with E-state index in [2.05, 4.69) is 49.2 Å². The number of aryl methyl sites for hydroxylation is 1. The lowest BCUT2D eigenvalue weighted by molar-refractivity contribution is -0.126. The predicted octanol–water partition coefficient (Wildman–Crippen LogP) is 4.71. The number of carbonyl (C=O) groups is 1. The van der Waals surface area contributed by atoms with Crippen molar-refractivity contribution in [2.75, 3.05) is 18.4 Å². The van der Waals surface area contributed by atoms with Crippen molar-refractivity contribution in [3.8, 4) is 10.6 Å². The second-order valence-corrected chi connectivity index (χ2v) is 8.97. The number of thiazole rings is 1. The van der Waals surface area contributed by atoms with Crippen LogP contribution in [0.15, 0.2) is 42.5 Å². The number of hydrogen-bond acceptors (Lipinski definition) is 5. The molecule has 0 radical (unpaired) electrons. The molecule has 1 amide bonds. The molecule has 1 fully saturated rings. The number of nitrogens with zero attached hydrogens (tertiary/aromatic N) is 2. The summed E-state index contributed by atoms with van der Waals surface area (Å²) in [7, 11) is 0. The third kappa shape index (κ3) is 4.50. The average Bonchev–Trinajstić information content (AvgIpc) is 3.10. The van der Waals surface area contributed by atoms with E-state index < -0.39 is 0 Å². The first-order chi connectivity index (χ1) is 13.9. The molecule has 3 aromatic rings.